The molecule has 1 aliphatic heterocycles. The van der Waals surface area contributed by atoms with Crippen LogP contribution < -0.4 is 5.32 Å². The predicted molar refractivity (Wildman–Crippen MR) is 53.0 cm³/mol. The molecular weight excluding hydrogens is 170 g/mol. The molecule has 2 nitrogen and oxygen atoms in total. The zero-order valence-corrected chi connectivity index (χ0v) is 7.71. The number of allylic oxidation sites excluding steroid dienone is 3. The molecule has 64 valence electrons. The van der Waals surface area contributed by atoms with Crippen molar-refractivity contribution in [2.75, 3.05) is 0 Å². The lowest BCUT2D eigenvalue weighted by molar-refractivity contribution is -0.112. The third kappa shape index (κ3) is 2.58. The second kappa shape index (κ2) is 3.63. The number of hydrogen-bond donors (Lipinski definition) is 2. The van der Waals surface area contributed by atoms with E-state index in [1.165, 1.54) is 13.0 Å². The smallest absolute Gasteiger partial charge is 0.152 e. The number of ketones is 1. The molecule has 0 aliphatic carbocycles. The van der Waals surface area contributed by atoms with E-state index >= 15 is 0 Å². The molecule has 0 bridgehead atoms. The van der Waals surface area contributed by atoms with Crippen LogP contribution in [0.2, 0.25) is 0 Å². The van der Waals surface area contributed by atoms with Gasteiger partial charge in [0.1, 0.15) is 4.87 Å². The number of carbonyl (C=O) groups excluding carboxylic acids is 1. The Labute approximate surface area is 77.5 Å². The summed E-state index contributed by atoms with van der Waals surface area (Å²) in [6.45, 7) is 1.51. The van der Waals surface area contributed by atoms with Crippen molar-refractivity contribution in [3.63, 3.8) is 0 Å². The summed E-state index contributed by atoms with van der Waals surface area (Å²) >= 11 is 4.34. The van der Waals surface area contributed by atoms with Crippen molar-refractivity contribution >= 4 is 18.4 Å². The van der Waals surface area contributed by atoms with Crippen molar-refractivity contribution in [2.45, 2.75) is 11.8 Å². The zero-order chi connectivity index (χ0) is 9.03. The third-order valence-electron chi connectivity index (χ3n) is 1.44. The number of dihydropyridines is 1. The number of carbonyl (C=O) groups is 1. The Hall–Kier alpha value is -0.960. The molecule has 0 fully saturated rings. The van der Waals surface area contributed by atoms with Gasteiger partial charge in [-0.25, -0.2) is 0 Å². The Balaban J connectivity index is 2.67. The van der Waals surface area contributed by atoms with Crippen LogP contribution in [0.25, 0.3) is 0 Å². The van der Waals surface area contributed by atoms with E-state index < -0.39 is 4.87 Å². The summed E-state index contributed by atoms with van der Waals surface area (Å²) in [7, 11) is 0. The van der Waals surface area contributed by atoms with E-state index in [-0.39, 0.29) is 5.78 Å². The Bertz CT molecular complexity index is 268. The standard InChI is InChI=1S/C9H11NOS/c1-8(11)4-6-9(12)5-2-3-7-10-9/h2-7,10,12H,1H3/b6-4+. The summed E-state index contributed by atoms with van der Waals surface area (Å²) in [4.78, 5) is 10.1. The molecule has 0 saturated carbocycles. The number of rotatable bonds is 2. The molecule has 0 amide bonds. The van der Waals surface area contributed by atoms with Crippen LogP contribution in [0.4, 0.5) is 0 Å². The minimum atomic E-state index is -0.513. The first-order chi connectivity index (χ1) is 5.62. The average molecular weight is 181 g/mol. The lowest BCUT2D eigenvalue weighted by atomic mass is 10.2. The predicted octanol–water partition coefficient (Wildman–Crippen LogP) is 1.43. The van der Waals surface area contributed by atoms with E-state index in [0.29, 0.717) is 0 Å². The molecule has 0 aromatic rings. The van der Waals surface area contributed by atoms with Crippen molar-refractivity contribution in [1.29, 1.82) is 0 Å². The van der Waals surface area contributed by atoms with E-state index in [1.54, 1.807) is 12.3 Å². The molecule has 0 spiro atoms. The summed E-state index contributed by atoms with van der Waals surface area (Å²) in [5, 5.41) is 3.01. The van der Waals surface area contributed by atoms with Crippen molar-refractivity contribution in [3.05, 3.63) is 36.6 Å². The Morgan fingerprint density at radius 3 is 2.83 bits per heavy atom. The summed E-state index contributed by atoms with van der Waals surface area (Å²) in [6, 6.07) is 0. The minimum absolute atomic E-state index is 0.0215. The van der Waals surface area contributed by atoms with Gasteiger partial charge in [-0.3, -0.25) is 4.79 Å². The van der Waals surface area contributed by atoms with Gasteiger partial charge < -0.3 is 5.32 Å². The molecule has 1 aliphatic rings. The van der Waals surface area contributed by atoms with E-state index in [4.69, 9.17) is 0 Å². The topological polar surface area (TPSA) is 29.1 Å². The van der Waals surface area contributed by atoms with Gasteiger partial charge in [0.25, 0.3) is 0 Å². The van der Waals surface area contributed by atoms with E-state index in [9.17, 15) is 4.79 Å². The minimum Gasteiger partial charge on any atom is -0.371 e. The van der Waals surface area contributed by atoms with Gasteiger partial charge in [-0.15, -0.1) is 12.6 Å². The normalized spacial score (nSPS) is 27.5. The molecule has 12 heavy (non-hydrogen) atoms. The van der Waals surface area contributed by atoms with Gasteiger partial charge in [-0.05, 0) is 37.4 Å². The van der Waals surface area contributed by atoms with Gasteiger partial charge in [0.15, 0.2) is 5.78 Å². The fourth-order valence-corrected chi connectivity index (χ4v) is 1.07. The van der Waals surface area contributed by atoms with Gasteiger partial charge >= 0.3 is 0 Å². The van der Waals surface area contributed by atoms with Crippen LogP contribution >= 0.6 is 12.6 Å². The first-order valence-electron chi connectivity index (χ1n) is 3.67. The van der Waals surface area contributed by atoms with Gasteiger partial charge in [0.05, 0.1) is 0 Å². The third-order valence-corrected chi connectivity index (χ3v) is 1.87. The molecular formula is C9H11NOS. The molecule has 0 aromatic heterocycles. The van der Waals surface area contributed by atoms with E-state index in [2.05, 4.69) is 17.9 Å². The quantitative estimate of drug-likeness (QED) is 0.498. The van der Waals surface area contributed by atoms with Gasteiger partial charge in [0, 0.05) is 0 Å². The Morgan fingerprint density at radius 1 is 1.58 bits per heavy atom. The van der Waals surface area contributed by atoms with Crippen LogP contribution in [-0.4, -0.2) is 10.7 Å². The first-order valence-corrected chi connectivity index (χ1v) is 4.11. The fraction of sp³-hybridized carbons (Fsp3) is 0.222. The Kier molecular flexibility index (Phi) is 2.76. The highest BCUT2D eigenvalue weighted by atomic mass is 32.1. The van der Waals surface area contributed by atoms with Gasteiger partial charge in [-0.2, -0.15) is 0 Å². The first kappa shape index (κ1) is 9.13. The van der Waals surface area contributed by atoms with E-state index in [1.807, 2.05) is 18.2 Å². The molecule has 0 aromatic carbocycles. The lowest BCUT2D eigenvalue weighted by Crippen LogP contribution is -2.33. The monoisotopic (exact) mass is 181 g/mol. The molecule has 3 heteroatoms. The van der Waals surface area contributed by atoms with Crippen LogP contribution in [-0.2, 0) is 4.79 Å². The molecule has 1 atom stereocenters. The Morgan fingerprint density at radius 2 is 2.33 bits per heavy atom. The van der Waals surface area contributed by atoms with E-state index in [0.717, 1.165) is 0 Å². The fourth-order valence-electron chi connectivity index (χ4n) is 0.836. The molecule has 0 radical (unpaired) electrons. The van der Waals surface area contributed by atoms with Crippen LogP contribution in [0.15, 0.2) is 36.6 Å². The van der Waals surface area contributed by atoms with Gasteiger partial charge in [0.2, 0.25) is 0 Å². The number of thiol groups is 1. The maximum Gasteiger partial charge on any atom is 0.152 e. The molecule has 1 heterocycles. The number of hydrogen-bond acceptors (Lipinski definition) is 3. The highest BCUT2D eigenvalue weighted by molar-refractivity contribution is 7.82. The second-order valence-corrected chi connectivity index (χ2v) is 3.37. The molecule has 1 rings (SSSR count). The molecule has 0 saturated heterocycles. The zero-order valence-electron chi connectivity index (χ0n) is 6.82. The van der Waals surface area contributed by atoms with Crippen molar-refractivity contribution in [3.8, 4) is 0 Å². The lowest BCUT2D eigenvalue weighted by Gasteiger charge is -2.23. The van der Waals surface area contributed by atoms with Crippen molar-refractivity contribution in [1.82, 2.24) is 5.32 Å². The van der Waals surface area contributed by atoms with Crippen LogP contribution in [0, 0.1) is 0 Å². The summed E-state index contributed by atoms with van der Waals surface area (Å²) in [6.07, 6.45) is 10.6. The van der Waals surface area contributed by atoms with Crippen LogP contribution in [0.5, 0.6) is 0 Å². The highest BCUT2D eigenvalue weighted by Gasteiger charge is 2.16. The largest absolute Gasteiger partial charge is 0.371 e. The highest BCUT2D eigenvalue weighted by Crippen LogP contribution is 2.17. The maximum atomic E-state index is 10.6. The van der Waals surface area contributed by atoms with Crippen molar-refractivity contribution in [2.24, 2.45) is 0 Å². The SMILES string of the molecule is CC(=O)/C=C/C1(S)C=CC=CN1. The number of nitrogens with one attached hydrogen (secondary N) is 1. The summed E-state index contributed by atoms with van der Waals surface area (Å²) < 4.78 is 0. The van der Waals surface area contributed by atoms with Gasteiger partial charge in [-0.1, -0.05) is 6.08 Å². The maximum absolute atomic E-state index is 10.6. The molecule has 1 N–H and O–H groups in total. The second-order valence-electron chi connectivity index (χ2n) is 2.63. The average Bonchev–Trinajstić information content (AvgIpc) is 2.03. The van der Waals surface area contributed by atoms with Crippen LogP contribution in [0.1, 0.15) is 6.92 Å². The van der Waals surface area contributed by atoms with Crippen LogP contribution in [0.3, 0.4) is 0 Å². The summed E-state index contributed by atoms with van der Waals surface area (Å²) in [5.41, 5.74) is 0. The molecule has 1 unspecified atom stereocenters. The summed E-state index contributed by atoms with van der Waals surface area (Å²) in [5.74, 6) is 0.0215. The van der Waals surface area contributed by atoms with Crippen molar-refractivity contribution < 1.29 is 4.79 Å².